The zero-order valence-corrected chi connectivity index (χ0v) is 11.9. The highest BCUT2D eigenvalue weighted by atomic mass is 32.2. The molecule has 1 amide bonds. The normalized spacial score (nSPS) is 24.5. The summed E-state index contributed by atoms with van der Waals surface area (Å²) >= 11 is 0. The van der Waals surface area contributed by atoms with Crippen molar-refractivity contribution in [2.24, 2.45) is 17.6 Å². The van der Waals surface area contributed by atoms with Crippen molar-refractivity contribution in [3.8, 4) is 0 Å². The highest BCUT2D eigenvalue weighted by Crippen LogP contribution is 2.28. The van der Waals surface area contributed by atoms with Crippen LogP contribution in [0.2, 0.25) is 0 Å². The van der Waals surface area contributed by atoms with Crippen molar-refractivity contribution < 1.29 is 13.2 Å². The van der Waals surface area contributed by atoms with E-state index in [4.69, 9.17) is 5.73 Å². The molecule has 2 rings (SSSR count). The minimum atomic E-state index is -3.53. The van der Waals surface area contributed by atoms with E-state index in [0.717, 1.165) is 5.56 Å². The van der Waals surface area contributed by atoms with Gasteiger partial charge in [-0.1, -0.05) is 24.6 Å². The number of nitrogens with zero attached hydrogens (tertiary/aromatic N) is 1. The first kappa shape index (κ1) is 14.0. The molecule has 0 aliphatic carbocycles. The number of carbonyl (C=O) groups is 1. The van der Waals surface area contributed by atoms with E-state index in [-0.39, 0.29) is 17.4 Å². The van der Waals surface area contributed by atoms with Crippen molar-refractivity contribution in [2.45, 2.75) is 18.7 Å². The lowest BCUT2D eigenvalue weighted by molar-refractivity contribution is -0.122. The van der Waals surface area contributed by atoms with Crippen LogP contribution < -0.4 is 5.73 Å². The molecule has 1 aromatic carbocycles. The van der Waals surface area contributed by atoms with Crippen molar-refractivity contribution in [2.75, 3.05) is 13.1 Å². The second kappa shape index (κ2) is 4.94. The molecule has 1 saturated heterocycles. The Kier molecular flexibility index (Phi) is 3.64. The third-order valence-corrected chi connectivity index (χ3v) is 5.45. The van der Waals surface area contributed by atoms with Gasteiger partial charge in [0.15, 0.2) is 0 Å². The number of amides is 1. The molecule has 1 fully saturated rings. The Morgan fingerprint density at radius 2 is 1.84 bits per heavy atom. The molecule has 0 aromatic heterocycles. The third-order valence-electron chi connectivity index (χ3n) is 3.60. The predicted octanol–water partition coefficient (Wildman–Crippen LogP) is 0.737. The molecule has 1 aliphatic heterocycles. The number of aryl methyl sites for hydroxylation is 1. The van der Waals surface area contributed by atoms with Crippen LogP contribution in [0.15, 0.2) is 29.2 Å². The van der Waals surface area contributed by atoms with Gasteiger partial charge in [-0.15, -0.1) is 0 Å². The van der Waals surface area contributed by atoms with Crippen LogP contribution in [0.5, 0.6) is 0 Å². The van der Waals surface area contributed by atoms with Gasteiger partial charge in [-0.25, -0.2) is 8.42 Å². The van der Waals surface area contributed by atoms with Crippen LogP contribution in [0.1, 0.15) is 12.5 Å². The first-order chi connectivity index (χ1) is 8.82. The van der Waals surface area contributed by atoms with E-state index in [9.17, 15) is 13.2 Å². The number of hydrogen-bond donors (Lipinski definition) is 1. The van der Waals surface area contributed by atoms with E-state index in [1.165, 1.54) is 4.31 Å². The first-order valence-electron chi connectivity index (χ1n) is 6.18. The lowest BCUT2D eigenvalue weighted by Gasteiger charge is -2.16. The second-order valence-electron chi connectivity index (χ2n) is 5.12. The maximum absolute atomic E-state index is 12.4. The molecule has 1 aromatic rings. The number of primary amides is 1. The molecule has 19 heavy (non-hydrogen) atoms. The fraction of sp³-hybridized carbons (Fsp3) is 0.462. The maximum Gasteiger partial charge on any atom is 0.243 e. The Bertz CT molecular complexity index is 580. The van der Waals surface area contributed by atoms with Gasteiger partial charge in [0.25, 0.3) is 0 Å². The van der Waals surface area contributed by atoms with Gasteiger partial charge in [-0.3, -0.25) is 4.79 Å². The van der Waals surface area contributed by atoms with Gasteiger partial charge in [-0.05, 0) is 25.0 Å². The van der Waals surface area contributed by atoms with E-state index in [2.05, 4.69) is 0 Å². The molecule has 2 atom stereocenters. The van der Waals surface area contributed by atoms with Gasteiger partial charge in [-0.2, -0.15) is 4.31 Å². The third kappa shape index (κ3) is 2.64. The second-order valence-corrected chi connectivity index (χ2v) is 7.06. The minimum absolute atomic E-state index is 0.0438. The van der Waals surface area contributed by atoms with Gasteiger partial charge in [0.1, 0.15) is 0 Å². The van der Waals surface area contributed by atoms with Crippen LogP contribution in [-0.2, 0) is 14.8 Å². The van der Waals surface area contributed by atoms with Crippen molar-refractivity contribution in [3.63, 3.8) is 0 Å². The first-order valence-corrected chi connectivity index (χ1v) is 7.62. The Morgan fingerprint density at radius 1 is 1.26 bits per heavy atom. The average molecular weight is 282 g/mol. The molecule has 0 bridgehead atoms. The van der Waals surface area contributed by atoms with Gasteiger partial charge in [0.2, 0.25) is 15.9 Å². The zero-order chi connectivity index (χ0) is 14.2. The Labute approximate surface area is 113 Å². The summed E-state index contributed by atoms with van der Waals surface area (Å²) in [5.74, 6) is -0.882. The standard InChI is InChI=1S/C13H18N2O3S/c1-9-3-5-11(6-4-9)19(17,18)15-7-10(2)12(8-15)13(14)16/h3-6,10,12H,7-8H2,1-2H3,(H2,14,16)/t10-,12+/m0/s1. The molecule has 2 N–H and O–H groups in total. The van der Waals surface area contributed by atoms with Crippen LogP contribution in [0, 0.1) is 18.8 Å². The van der Waals surface area contributed by atoms with Crippen molar-refractivity contribution in [1.29, 1.82) is 0 Å². The summed E-state index contributed by atoms with van der Waals surface area (Å²) in [6, 6.07) is 6.70. The number of nitrogens with two attached hydrogens (primary N) is 1. The summed E-state index contributed by atoms with van der Waals surface area (Å²) in [6.07, 6.45) is 0. The Balaban J connectivity index is 2.27. The molecule has 0 spiro atoms. The molecule has 6 heteroatoms. The average Bonchev–Trinajstić information content (AvgIpc) is 2.72. The molecule has 0 saturated carbocycles. The molecular formula is C13H18N2O3S. The largest absolute Gasteiger partial charge is 0.369 e. The highest BCUT2D eigenvalue weighted by molar-refractivity contribution is 7.89. The van der Waals surface area contributed by atoms with E-state index < -0.39 is 21.8 Å². The molecule has 5 nitrogen and oxygen atoms in total. The molecule has 1 heterocycles. The van der Waals surface area contributed by atoms with E-state index in [1.54, 1.807) is 24.3 Å². The smallest absolute Gasteiger partial charge is 0.243 e. The zero-order valence-electron chi connectivity index (χ0n) is 11.0. The summed E-state index contributed by atoms with van der Waals surface area (Å²) in [7, 11) is -3.53. The monoisotopic (exact) mass is 282 g/mol. The molecule has 0 unspecified atom stereocenters. The van der Waals surface area contributed by atoms with Crippen molar-refractivity contribution >= 4 is 15.9 Å². The Hall–Kier alpha value is -1.40. The molecular weight excluding hydrogens is 264 g/mol. The number of carbonyl (C=O) groups excluding carboxylic acids is 1. The lowest BCUT2D eigenvalue weighted by Crippen LogP contribution is -2.32. The summed E-state index contributed by atoms with van der Waals surface area (Å²) < 4.78 is 26.2. The van der Waals surface area contributed by atoms with Gasteiger partial charge in [0, 0.05) is 13.1 Å². The van der Waals surface area contributed by atoms with Gasteiger partial charge >= 0.3 is 0 Å². The predicted molar refractivity (Wildman–Crippen MR) is 71.8 cm³/mol. The fourth-order valence-corrected chi connectivity index (χ4v) is 3.91. The lowest BCUT2D eigenvalue weighted by atomic mass is 9.98. The quantitative estimate of drug-likeness (QED) is 0.887. The van der Waals surface area contributed by atoms with Gasteiger partial charge in [0.05, 0.1) is 10.8 Å². The highest BCUT2D eigenvalue weighted by Gasteiger charge is 2.39. The van der Waals surface area contributed by atoms with Crippen LogP contribution in [-0.4, -0.2) is 31.7 Å². The Morgan fingerprint density at radius 3 is 2.32 bits per heavy atom. The molecule has 1 aliphatic rings. The summed E-state index contributed by atoms with van der Waals surface area (Å²) in [5, 5.41) is 0. The summed E-state index contributed by atoms with van der Waals surface area (Å²) in [6.45, 7) is 4.26. The van der Waals surface area contributed by atoms with Crippen LogP contribution in [0.25, 0.3) is 0 Å². The van der Waals surface area contributed by atoms with Crippen molar-refractivity contribution in [1.82, 2.24) is 4.31 Å². The topological polar surface area (TPSA) is 80.5 Å². The van der Waals surface area contributed by atoms with E-state index >= 15 is 0 Å². The fourth-order valence-electron chi connectivity index (χ4n) is 2.35. The number of sulfonamides is 1. The maximum atomic E-state index is 12.4. The number of rotatable bonds is 3. The molecule has 104 valence electrons. The summed E-state index contributed by atoms with van der Waals surface area (Å²) in [4.78, 5) is 11.5. The van der Waals surface area contributed by atoms with Crippen LogP contribution in [0.3, 0.4) is 0 Å². The van der Waals surface area contributed by atoms with E-state index in [0.29, 0.717) is 6.54 Å². The minimum Gasteiger partial charge on any atom is -0.369 e. The van der Waals surface area contributed by atoms with Crippen LogP contribution in [0.4, 0.5) is 0 Å². The van der Waals surface area contributed by atoms with Crippen molar-refractivity contribution in [3.05, 3.63) is 29.8 Å². The number of benzene rings is 1. The van der Waals surface area contributed by atoms with Gasteiger partial charge < -0.3 is 5.73 Å². The summed E-state index contributed by atoms with van der Waals surface area (Å²) in [5.41, 5.74) is 6.30. The van der Waals surface area contributed by atoms with Crippen LogP contribution >= 0.6 is 0 Å². The molecule has 0 radical (unpaired) electrons. The number of hydrogen-bond acceptors (Lipinski definition) is 3. The SMILES string of the molecule is Cc1ccc(S(=O)(=O)N2C[C@H](C)[C@H](C(N)=O)C2)cc1. The van der Waals surface area contributed by atoms with E-state index in [1.807, 2.05) is 13.8 Å².